The quantitative estimate of drug-likeness (QED) is 0.265. The molecule has 3 N–H and O–H groups in total. The van der Waals surface area contributed by atoms with Crippen molar-refractivity contribution in [2.24, 2.45) is 5.41 Å². The van der Waals surface area contributed by atoms with Gasteiger partial charge in [0.25, 0.3) is 0 Å². The van der Waals surface area contributed by atoms with Crippen molar-refractivity contribution in [1.82, 2.24) is 10.0 Å². The molecule has 0 fully saturated rings. The molecule has 1 atom stereocenters. The van der Waals surface area contributed by atoms with E-state index in [9.17, 15) is 27.8 Å². The average molecular weight is 470 g/mol. The second-order valence-electron chi connectivity index (χ2n) is 8.18. The van der Waals surface area contributed by atoms with Gasteiger partial charge >= 0.3 is 19.1 Å². The normalized spacial score (nSPS) is 15.9. The van der Waals surface area contributed by atoms with Crippen LogP contribution in [0.5, 0.6) is 5.75 Å². The molecular formula is C19H27BN2O9S. The molecule has 1 amide bonds. The van der Waals surface area contributed by atoms with Crippen LogP contribution in [0.15, 0.2) is 18.2 Å². The summed E-state index contributed by atoms with van der Waals surface area (Å²) in [6, 6.07) is 4.67. The number of sulfonamides is 1. The van der Waals surface area contributed by atoms with Crippen LogP contribution < -0.4 is 14.7 Å². The van der Waals surface area contributed by atoms with Crippen molar-refractivity contribution in [1.29, 1.82) is 0 Å². The van der Waals surface area contributed by atoms with Gasteiger partial charge < -0.3 is 24.5 Å². The van der Waals surface area contributed by atoms with E-state index in [0.29, 0.717) is 5.56 Å². The number of nitrogens with one attached hydrogen (secondary N) is 2. The molecule has 13 heteroatoms. The first kappa shape index (κ1) is 25.6. The Morgan fingerprint density at radius 1 is 1.25 bits per heavy atom. The van der Waals surface area contributed by atoms with Crippen molar-refractivity contribution in [3.8, 4) is 5.75 Å². The van der Waals surface area contributed by atoms with E-state index in [1.807, 2.05) is 0 Å². The molecule has 1 aliphatic heterocycles. The van der Waals surface area contributed by atoms with E-state index in [-0.39, 0.29) is 24.2 Å². The van der Waals surface area contributed by atoms with E-state index in [1.165, 1.54) is 13.1 Å². The Hall–Kier alpha value is -2.64. The highest BCUT2D eigenvalue weighted by Gasteiger charge is 2.38. The van der Waals surface area contributed by atoms with Crippen LogP contribution in [0.2, 0.25) is 0 Å². The molecule has 32 heavy (non-hydrogen) atoms. The predicted octanol–water partition coefficient (Wildman–Crippen LogP) is -0.231. The lowest BCUT2D eigenvalue weighted by atomic mass is 9.72. The van der Waals surface area contributed by atoms with Gasteiger partial charge in [-0.25, -0.2) is 17.9 Å². The van der Waals surface area contributed by atoms with Gasteiger partial charge in [0.15, 0.2) is 0 Å². The lowest BCUT2D eigenvalue weighted by molar-refractivity contribution is -0.161. The molecule has 0 bridgehead atoms. The zero-order valence-electron chi connectivity index (χ0n) is 18.3. The summed E-state index contributed by atoms with van der Waals surface area (Å²) in [4.78, 5) is 36.2. The van der Waals surface area contributed by atoms with Gasteiger partial charge in [-0.15, -0.1) is 0 Å². The van der Waals surface area contributed by atoms with E-state index in [4.69, 9.17) is 14.1 Å². The summed E-state index contributed by atoms with van der Waals surface area (Å²) in [5.41, 5.74) is -0.190. The number of carbonyl (C=O) groups is 3. The Balaban J connectivity index is 2.01. The highest BCUT2D eigenvalue weighted by atomic mass is 32.2. The third-order valence-electron chi connectivity index (χ3n) is 4.59. The van der Waals surface area contributed by atoms with Gasteiger partial charge in [0.1, 0.15) is 11.3 Å². The molecule has 0 aromatic heterocycles. The molecule has 0 aliphatic carbocycles. The van der Waals surface area contributed by atoms with E-state index >= 15 is 0 Å². The van der Waals surface area contributed by atoms with Crippen LogP contribution in [-0.2, 0) is 35.5 Å². The first-order chi connectivity index (χ1) is 14.8. The Bertz CT molecular complexity index is 976. The maximum Gasteiger partial charge on any atom is 0.547 e. The van der Waals surface area contributed by atoms with Crippen molar-refractivity contribution >= 4 is 35.0 Å². The Morgan fingerprint density at radius 2 is 1.94 bits per heavy atom. The van der Waals surface area contributed by atoms with Crippen LogP contribution in [0.4, 0.5) is 0 Å². The van der Waals surface area contributed by atoms with Crippen molar-refractivity contribution in [3.05, 3.63) is 29.3 Å². The van der Waals surface area contributed by atoms with Gasteiger partial charge in [-0.3, -0.25) is 9.59 Å². The molecule has 1 unspecified atom stereocenters. The molecular weight excluding hydrogens is 443 g/mol. The maximum absolute atomic E-state index is 12.4. The minimum absolute atomic E-state index is 0.0262. The smallest absolute Gasteiger partial charge is 0.534 e. The SMILES string of the molecule is CNS(=O)(=O)CCC(=O)NC1Cc2cccc(C(=O)OCOC(=O)C(C)(C)C)c2OB1O. The Kier molecular flexibility index (Phi) is 8.26. The lowest BCUT2D eigenvalue weighted by Crippen LogP contribution is -2.53. The van der Waals surface area contributed by atoms with Gasteiger partial charge in [0, 0.05) is 6.42 Å². The summed E-state index contributed by atoms with van der Waals surface area (Å²) in [7, 11) is -3.76. The number of para-hydroxylation sites is 1. The summed E-state index contributed by atoms with van der Waals surface area (Å²) < 4.78 is 40.4. The van der Waals surface area contributed by atoms with E-state index in [1.54, 1.807) is 32.9 Å². The summed E-state index contributed by atoms with van der Waals surface area (Å²) >= 11 is 0. The number of rotatable bonds is 8. The zero-order valence-corrected chi connectivity index (χ0v) is 19.2. The highest BCUT2D eigenvalue weighted by Crippen LogP contribution is 2.30. The topological polar surface area (TPSA) is 157 Å². The molecule has 0 saturated heterocycles. The molecule has 0 saturated carbocycles. The van der Waals surface area contributed by atoms with Crippen LogP contribution in [0.25, 0.3) is 0 Å². The molecule has 0 spiro atoms. The van der Waals surface area contributed by atoms with Gasteiger partial charge in [0.05, 0.1) is 17.1 Å². The zero-order chi connectivity index (χ0) is 24.1. The maximum atomic E-state index is 12.4. The van der Waals surface area contributed by atoms with Crippen LogP contribution in [0.3, 0.4) is 0 Å². The van der Waals surface area contributed by atoms with E-state index in [0.717, 1.165) is 0 Å². The molecule has 2 rings (SSSR count). The lowest BCUT2D eigenvalue weighted by Gasteiger charge is -2.29. The number of amides is 1. The first-order valence-corrected chi connectivity index (χ1v) is 11.5. The van der Waals surface area contributed by atoms with Crippen LogP contribution in [0, 0.1) is 5.41 Å². The predicted molar refractivity (Wildman–Crippen MR) is 114 cm³/mol. The minimum atomic E-state index is -3.54. The van der Waals surface area contributed by atoms with Crippen molar-refractivity contribution in [2.75, 3.05) is 19.6 Å². The fourth-order valence-corrected chi connectivity index (χ4v) is 3.41. The second-order valence-corrected chi connectivity index (χ2v) is 10.2. The molecule has 0 radical (unpaired) electrons. The third-order valence-corrected chi connectivity index (χ3v) is 5.95. The van der Waals surface area contributed by atoms with Crippen LogP contribution >= 0.6 is 0 Å². The molecule has 1 aliphatic rings. The number of benzene rings is 1. The third kappa shape index (κ3) is 6.94. The van der Waals surface area contributed by atoms with Gasteiger partial charge in [-0.1, -0.05) is 12.1 Å². The first-order valence-electron chi connectivity index (χ1n) is 9.85. The van der Waals surface area contributed by atoms with E-state index in [2.05, 4.69) is 10.0 Å². The number of ether oxygens (including phenoxy) is 2. The van der Waals surface area contributed by atoms with Crippen LogP contribution in [-0.4, -0.2) is 63.9 Å². The summed E-state index contributed by atoms with van der Waals surface area (Å²) in [6.45, 7) is 4.41. The number of hydrogen-bond donors (Lipinski definition) is 3. The Labute approximate surface area is 187 Å². The fraction of sp³-hybridized carbons (Fsp3) is 0.526. The summed E-state index contributed by atoms with van der Waals surface area (Å²) in [6.07, 6.45) is -0.153. The number of hydrogen-bond acceptors (Lipinski definition) is 9. The summed E-state index contributed by atoms with van der Waals surface area (Å²) in [5.74, 6) is -3.06. The van der Waals surface area contributed by atoms with Crippen LogP contribution in [0.1, 0.15) is 43.1 Å². The second kappa shape index (κ2) is 10.3. The van der Waals surface area contributed by atoms with E-state index < -0.39 is 58.9 Å². The van der Waals surface area contributed by atoms with Crippen molar-refractivity contribution in [2.45, 2.75) is 39.6 Å². The largest absolute Gasteiger partial charge is 0.547 e. The monoisotopic (exact) mass is 470 g/mol. The molecule has 1 aromatic rings. The Morgan fingerprint density at radius 3 is 2.56 bits per heavy atom. The van der Waals surface area contributed by atoms with Gasteiger partial charge in [0.2, 0.25) is 22.7 Å². The highest BCUT2D eigenvalue weighted by molar-refractivity contribution is 7.89. The minimum Gasteiger partial charge on any atom is -0.534 e. The standard InChI is InChI=1S/C19H27BN2O9S/c1-19(2,3)18(25)30-11-29-17(24)13-7-5-6-12-10-14(20(26)31-16(12)13)22-15(23)8-9-32(27,28)21-4/h5-7,14,21,26H,8-11H2,1-4H3,(H,22,23). The number of esters is 2. The average Bonchev–Trinajstić information content (AvgIpc) is 2.71. The number of fused-ring (bicyclic) bond motifs is 1. The van der Waals surface area contributed by atoms with Gasteiger partial charge in [-0.2, -0.15) is 0 Å². The number of carbonyl (C=O) groups excluding carboxylic acids is 3. The fourth-order valence-electron chi connectivity index (χ4n) is 2.75. The molecule has 1 heterocycles. The van der Waals surface area contributed by atoms with Crippen molar-refractivity contribution in [3.63, 3.8) is 0 Å². The molecule has 11 nitrogen and oxygen atoms in total. The molecule has 176 valence electrons. The van der Waals surface area contributed by atoms with Gasteiger partial charge in [-0.05, 0) is 45.9 Å². The molecule has 1 aromatic carbocycles. The van der Waals surface area contributed by atoms with Crippen molar-refractivity contribution < 1.29 is 42.0 Å². The summed E-state index contributed by atoms with van der Waals surface area (Å²) in [5, 5.41) is 12.8.